The Morgan fingerprint density at radius 3 is 1.47 bits per heavy atom. The summed E-state index contributed by atoms with van der Waals surface area (Å²) in [6.07, 6.45) is 17.9. The van der Waals surface area contributed by atoms with Crippen molar-refractivity contribution in [2.45, 2.75) is 194 Å². The molecule has 6 atom stereocenters. The van der Waals surface area contributed by atoms with Gasteiger partial charge in [-0.2, -0.15) is 0 Å². The summed E-state index contributed by atoms with van der Waals surface area (Å²) in [6.45, 7) is 16.8. The van der Waals surface area contributed by atoms with E-state index in [2.05, 4.69) is 35.1 Å². The Bertz CT molecular complexity index is 1730. The third kappa shape index (κ3) is 26.8. The fourth-order valence-corrected chi connectivity index (χ4v) is 6.59. The van der Waals surface area contributed by atoms with Crippen LogP contribution in [-0.4, -0.2) is 112 Å². The van der Waals surface area contributed by atoms with Crippen molar-refractivity contribution in [3.8, 4) is 0 Å². The molecule has 16 nitrogen and oxygen atoms in total. The number of methoxy groups -OCH3 is 1. The van der Waals surface area contributed by atoms with Crippen LogP contribution in [0.3, 0.4) is 0 Å². The number of amides is 5. The molecule has 0 aliphatic carbocycles. The Morgan fingerprint density at radius 1 is 0.632 bits per heavy atom. The molecule has 68 heavy (non-hydrogen) atoms. The van der Waals surface area contributed by atoms with Gasteiger partial charge in [0.25, 0.3) is 0 Å². The minimum Gasteiger partial charge on any atom is -0.467 e. The number of hydrogen-bond acceptors (Lipinski definition) is 11. The van der Waals surface area contributed by atoms with Crippen LogP contribution in [0.2, 0.25) is 0 Å². The molecular weight excluding hydrogens is 871 g/mol. The zero-order chi connectivity index (χ0) is 52.1. The molecule has 1 aromatic rings. The van der Waals surface area contributed by atoms with E-state index in [1.807, 2.05) is 44.2 Å². The summed E-state index contributed by atoms with van der Waals surface area (Å²) in [5, 5.41) is 50.9. The molecule has 388 valence electrons. The number of ether oxygens (including phenoxy) is 1. The van der Waals surface area contributed by atoms with Crippen LogP contribution in [-0.2, 0) is 39.9 Å². The van der Waals surface area contributed by atoms with E-state index in [1.165, 1.54) is 58.1 Å². The molecule has 0 spiro atoms. The van der Waals surface area contributed by atoms with Crippen molar-refractivity contribution in [2.24, 2.45) is 22.5 Å². The highest BCUT2D eigenvalue weighted by atomic mass is 16.5. The lowest BCUT2D eigenvalue weighted by Crippen LogP contribution is -2.57. The predicted octanol–water partition coefficient (Wildman–Crippen LogP) is 5.23. The Labute approximate surface area is 407 Å². The van der Waals surface area contributed by atoms with Gasteiger partial charge in [-0.05, 0) is 72.3 Å². The molecule has 0 bridgehead atoms. The molecule has 0 heterocycles. The van der Waals surface area contributed by atoms with E-state index >= 15 is 0 Å². The van der Waals surface area contributed by atoms with Crippen LogP contribution in [0.15, 0.2) is 54.6 Å². The monoisotopic (exact) mass is 960 g/mol. The summed E-state index contributed by atoms with van der Waals surface area (Å²) in [6, 6.07) is 4.80. The van der Waals surface area contributed by atoms with Crippen LogP contribution < -0.4 is 27.0 Å². The number of primary amides is 1. The Hall–Kier alpha value is -4.64. The van der Waals surface area contributed by atoms with E-state index in [-0.39, 0.29) is 18.9 Å². The van der Waals surface area contributed by atoms with Crippen LogP contribution in [0.25, 0.3) is 0 Å². The highest BCUT2D eigenvalue weighted by Crippen LogP contribution is 2.21. The smallest absolute Gasteiger partial charge is 0.332 e. The quantitative estimate of drug-likeness (QED) is 0.0256. The first-order valence-corrected chi connectivity index (χ1v) is 24.4. The lowest BCUT2D eigenvalue weighted by Gasteiger charge is -2.27. The summed E-state index contributed by atoms with van der Waals surface area (Å²) >= 11 is 0. The van der Waals surface area contributed by atoms with E-state index in [4.69, 9.17) is 10.5 Å². The lowest BCUT2D eigenvalue weighted by molar-refractivity contribution is -0.145. The number of carbonyl (C=O) groups excluding carboxylic acids is 6. The molecule has 2 unspecified atom stereocenters. The number of aliphatic hydroxyl groups excluding tert-OH is 2. The Kier molecular flexibility index (Phi) is 30.0. The van der Waals surface area contributed by atoms with Gasteiger partial charge in [0.05, 0.1) is 42.4 Å². The van der Waals surface area contributed by atoms with Crippen molar-refractivity contribution in [3.63, 3.8) is 0 Å². The SMILES string of the molecule is CCCCCCCC(C)(O)/C=C/[C@H](NC(=O)C(C)(C)CO)C(=O)N[C@@H](Cc1ccccc1)C(=O)N[C@@H](CC(C)C)C(N)=O.CCCCCCCC(C)(O)/C=C/[C@H](NC(=O)C(C)(C)CO)C(=O)OC. The molecular formula is C52H89N5O11. The third-order valence-electron chi connectivity index (χ3n) is 11.5. The topological polar surface area (TPSA) is 267 Å². The highest BCUT2D eigenvalue weighted by molar-refractivity contribution is 5.95. The van der Waals surface area contributed by atoms with Crippen molar-refractivity contribution in [3.05, 3.63) is 60.2 Å². The molecule has 0 fully saturated rings. The number of nitrogens with two attached hydrogens (primary N) is 1. The Balaban J connectivity index is 0.00000153. The maximum Gasteiger partial charge on any atom is 0.332 e. The van der Waals surface area contributed by atoms with Crippen molar-refractivity contribution in [1.29, 1.82) is 0 Å². The average Bonchev–Trinajstić information content (AvgIpc) is 3.28. The second-order valence-electron chi connectivity index (χ2n) is 20.1. The van der Waals surface area contributed by atoms with Crippen LogP contribution in [0.4, 0.5) is 0 Å². The van der Waals surface area contributed by atoms with Crippen LogP contribution >= 0.6 is 0 Å². The van der Waals surface area contributed by atoms with Gasteiger partial charge in [0.1, 0.15) is 24.2 Å². The normalized spacial score (nSPS) is 15.5. The van der Waals surface area contributed by atoms with E-state index in [9.17, 15) is 49.2 Å². The zero-order valence-electron chi connectivity index (χ0n) is 43.1. The van der Waals surface area contributed by atoms with Gasteiger partial charge in [-0.3, -0.25) is 24.0 Å². The number of aliphatic hydroxyl groups is 4. The number of benzene rings is 1. The van der Waals surface area contributed by atoms with Gasteiger partial charge in [-0.25, -0.2) is 4.79 Å². The summed E-state index contributed by atoms with van der Waals surface area (Å²) in [5.41, 5.74) is 1.83. The fraction of sp³-hybridized carbons (Fsp3) is 0.692. The largest absolute Gasteiger partial charge is 0.467 e. The van der Waals surface area contributed by atoms with E-state index in [0.29, 0.717) is 19.3 Å². The van der Waals surface area contributed by atoms with Crippen LogP contribution in [0.5, 0.6) is 0 Å². The molecule has 0 saturated carbocycles. The molecule has 16 heteroatoms. The third-order valence-corrected chi connectivity index (χ3v) is 11.5. The van der Waals surface area contributed by atoms with Gasteiger partial charge in [0, 0.05) is 6.42 Å². The molecule has 0 aliphatic heterocycles. The zero-order valence-corrected chi connectivity index (χ0v) is 43.1. The maximum absolute atomic E-state index is 13.7. The number of unbranched alkanes of at least 4 members (excludes halogenated alkanes) is 8. The van der Waals surface area contributed by atoms with Gasteiger partial charge < -0.3 is 52.2 Å². The second kappa shape index (κ2) is 32.2. The van der Waals surface area contributed by atoms with E-state index in [1.54, 1.807) is 27.7 Å². The predicted molar refractivity (Wildman–Crippen MR) is 267 cm³/mol. The molecule has 1 aromatic carbocycles. The van der Waals surface area contributed by atoms with Crippen molar-refractivity contribution < 1.29 is 53.9 Å². The fourth-order valence-electron chi connectivity index (χ4n) is 6.59. The van der Waals surface area contributed by atoms with Gasteiger partial charge in [-0.1, -0.05) is 147 Å². The standard InChI is InChI=1S/C33H54N4O6.C19H35NO5/c1-7-8-9-10-14-18-33(6,43)19-17-25(37-31(42)32(4,5)22-38)29(40)36-27(21-24-15-12-11-13-16-24)30(41)35-26(28(34)39)20-23(2)3;1-6-7-8-9-10-12-19(4,24)13-11-15(16(22)25-5)20-17(23)18(2,3)14-21/h11-13,15-17,19,23,25-27,38,43H,7-10,14,18,20-22H2,1-6H3,(H2,34,39)(H,35,41)(H,36,40)(H,37,42);11,13,15,21,24H,6-10,12,14H2,1-5H3,(H,20,23)/b19-17+;13-11+/t25-,26-,27-,33?;15-,19?/m00/s1. The minimum absolute atomic E-state index is 0.0824. The van der Waals surface area contributed by atoms with E-state index in [0.717, 1.165) is 56.9 Å². The van der Waals surface area contributed by atoms with Gasteiger partial charge in [0.15, 0.2) is 0 Å². The van der Waals surface area contributed by atoms with Crippen molar-refractivity contribution in [2.75, 3.05) is 20.3 Å². The summed E-state index contributed by atoms with van der Waals surface area (Å²) in [4.78, 5) is 76.1. The average molecular weight is 960 g/mol. The van der Waals surface area contributed by atoms with Crippen molar-refractivity contribution in [1.82, 2.24) is 21.3 Å². The first kappa shape index (κ1) is 63.4. The maximum atomic E-state index is 13.7. The first-order chi connectivity index (χ1) is 31.7. The number of nitrogens with one attached hydrogen (secondary N) is 4. The summed E-state index contributed by atoms with van der Waals surface area (Å²) in [7, 11) is 1.23. The number of rotatable bonds is 32. The second-order valence-corrected chi connectivity index (χ2v) is 20.1. The number of carbonyl (C=O) groups is 6. The number of hydrogen-bond donors (Lipinski definition) is 9. The highest BCUT2D eigenvalue weighted by Gasteiger charge is 2.34. The van der Waals surface area contributed by atoms with Crippen molar-refractivity contribution >= 4 is 35.5 Å². The molecule has 0 saturated heterocycles. The van der Waals surface area contributed by atoms with Gasteiger partial charge in [-0.15, -0.1) is 0 Å². The Morgan fingerprint density at radius 2 is 1.06 bits per heavy atom. The first-order valence-electron chi connectivity index (χ1n) is 24.4. The summed E-state index contributed by atoms with van der Waals surface area (Å²) < 4.78 is 4.70. The molecule has 0 aliphatic rings. The molecule has 0 aromatic heterocycles. The van der Waals surface area contributed by atoms with Crippen LogP contribution in [0.1, 0.15) is 158 Å². The minimum atomic E-state index is -1.25. The molecule has 5 amide bonds. The van der Waals surface area contributed by atoms with E-state index < -0.39 is 88.3 Å². The summed E-state index contributed by atoms with van der Waals surface area (Å²) in [5.74, 6) is -3.54. The van der Waals surface area contributed by atoms with Gasteiger partial charge in [0.2, 0.25) is 29.5 Å². The van der Waals surface area contributed by atoms with Gasteiger partial charge >= 0.3 is 5.97 Å². The van der Waals surface area contributed by atoms with Crippen LogP contribution in [0, 0.1) is 16.7 Å². The molecule has 10 N–H and O–H groups in total. The lowest BCUT2D eigenvalue weighted by atomic mass is 9.92. The molecule has 0 radical (unpaired) electrons. The number of esters is 1. The molecule has 1 rings (SSSR count).